The van der Waals surface area contributed by atoms with Crippen LogP contribution in [0, 0.1) is 0 Å². The monoisotopic (exact) mass is 309 g/mol. The van der Waals surface area contributed by atoms with Crippen LogP contribution in [-0.4, -0.2) is 33.7 Å². The quantitative estimate of drug-likeness (QED) is 0.673. The number of aromatic carboxylic acids is 1. The van der Waals surface area contributed by atoms with Gasteiger partial charge >= 0.3 is 5.97 Å². The van der Waals surface area contributed by atoms with Crippen LogP contribution in [-0.2, 0) is 6.42 Å². The summed E-state index contributed by atoms with van der Waals surface area (Å²) in [6.07, 6.45) is 2.32. The number of carboxylic acid groups (broad SMARTS) is 1. The van der Waals surface area contributed by atoms with E-state index in [9.17, 15) is 9.59 Å². The highest BCUT2D eigenvalue weighted by molar-refractivity contribution is 5.97. The van der Waals surface area contributed by atoms with Crippen LogP contribution in [0.2, 0.25) is 0 Å². The minimum Gasteiger partial charge on any atom is -0.478 e. The maximum Gasteiger partial charge on any atom is 0.335 e. The Labute approximate surface area is 132 Å². The second-order valence-electron chi connectivity index (χ2n) is 5.18. The summed E-state index contributed by atoms with van der Waals surface area (Å²) in [5.41, 5.74) is 2.70. The zero-order valence-electron chi connectivity index (χ0n) is 12.2. The zero-order valence-corrected chi connectivity index (χ0v) is 12.2. The summed E-state index contributed by atoms with van der Waals surface area (Å²) in [5.74, 6) is -1.09. The third-order valence-electron chi connectivity index (χ3n) is 3.60. The number of amides is 1. The van der Waals surface area contributed by atoms with Crippen LogP contribution in [0.4, 0.5) is 0 Å². The largest absolute Gasteiger partial charge is 0.478 e. The van der Waals surface area contributed by atoms with Crippen molar-refractivity contribution < 1.29 is 14.7 Å². The Bertz CT molecular complexity index is 853. The number of benzene rings is 2. The summed E-state index contributed by atoms with van der Waals surface area (Å²) in [6.45, 7) is 0.481. The van der Waals surface area contributed by atoms with Crippen molar-refractivity contribution in [2.75, 3.05) is 6.54 Å². The number of nitrogens with one attached hydrogen (secondary N) is 2. The molecule has 6 nitrogen and oxygen atoms in total. The number of carbonyl (C=O) groups is 2. The van der Waals surface area contributed by atoms with Gasteiger partial charge in [0.05, 0.1) is 17.3 Å². The van der Waals surface area contributed by atoms with E-state index in [2.05, 4.69) is 15.5 Å². The van der Waals surface area contributed by atoms with Crippen molar-refractivity contribution in [1.82, 2.24) is 15.5 Å². The average molecular weight is 309 g/mol. The van der Waals surface area contributed by atoms with Gasteiger partial charge in [-0.25, -0.2) is 4.79 Å². The van der Waals surface area contributed by atoms with Crippen molar-refractivity contribution >= 4 is 22.8 Å². The SMILES string of the molecule is O=C(O)c1ccc(CCNC(=O)c2ccc3[nH]ncc3c2)cc1. The van der Waals surface area contributed by atoms with Crippen LogP contribution >= 0.6 is 0 Å². The minimum absolute atomic E-state index is 0.143. The Morgan fingerprint density at radius 2 is 1.83 bits per heavy atom. The number of aromatic amines is 1. The molecule has 3 N–H and O–H groups in total. The van der Waals surface area contributed by atoms with Crippen molar-refractivity contribution in [2.45, 2.75) is 6.42 Å². The maximum absolute atomic E-state index is 12.1. The molecule has 3 aromatic rings. The molecule has 3 rings (SSSR count). The lowest BCUT2D eigenvalue weighted by Crippen LogP contribution is -2.25. The Balaban J connectivity index is 1.57. The first-order valence-electron chi connectivity index (χ1n) is 7.17. The Morgan fingerprint density at radius 3 is 2.57 bits per heavy atom. The molecule has 6 heteroatoms. The van der Waals surface area contributed by atoms with Crippen LogP contribution in [0.15, 0.2) is 48.7 Å². The van der Waals surface area contributed by atoms with E-state index in [0.29, 0.717) is 18.5 Å². The fourth-order valence-corrected chi connectivity index (χ4v) is 2.32. The van der Waals surface area contributed by atoms with Crippen molar-refractivity contribution in [3.05, 3.63) is 65.4 Å². The van der Waals surface area contributed by atoms with E-state index in [1.807, 2.05) is 6.07 Å². The van der Waals surface area contributed by atoms with Gasteiger partial charge in [0.25, 0.3) is 5.91 Å². The molecular weight excluding hydrogens is 294 g/mol. The lowest BCUT2D eigenvalue weighted by molar-refractivity contribution is 0.0696. The van der Waals surface area contributed by atoms with Crippen molar-refractivity contribution in [2.24, 2.45) is 0 Å². The molecule has 116 valence electrons. The average Bonchev–Trinajstić information content (AvgIpc) is 3.02. The molecule has 0 atom stereocenters. The minimum atomic E-state index is -0.945. The molecule has 0 aliphatic rings. The normalized spacial score (nSPS) is 10.6. The Hall–Kier alpha value is -3.15. The molecule has 0 saturated carbocycles. The zero-order chi connectivity index (χ0) is 16.2. The van der Waals surface area contributed by atoms with Crippen LogP contribution in [0.1, 0.15) is 26.3 Å². The molecule has 1 amide bonds. The second kappa shape index (κ2) is 6.31. The summed E-state index contributed by atoms with van der Waals surface area (Å²) < 4.78 is 0. The van der Waals surface area contributed by atoms with Gasteiger partial charge in [0, 0.05) is 17.5 Å². The van der Waals surface area contributed by atoms with Crippen molar-refractivity contribution in [3.63, 3.8) is 0 Å². The molecule has 0 unspecified atom stereocenters. The molecule has 0 spiro atoms. The molecule has 1 heterocycles. The van der Waals surface area contributed by atoms with Gasteiger partial charge in [-0.1, -0.05) is 12.1 Å². The van der Waals surface area contributed by atoms with Crippen LogP contribution in [0.3, 0.4) is 0 Å². The molecule has 0 aliphatic heterocycles. The summed E-state index contributed by atoms with van der Waals surface area (Å²) in [7, 11) is 0. The van der Waals surface area contributed by atoms with Gasteiger partial charge in [0.2, 0.25) is 0 Å². The first-order valence-corrected chi connectivity index (χ1v) is 7.17. The van der Waals surface area contributed by atoms with Crippen LogP contribution in [0.5, 0.6) is 0 Å². The van der Waals surface area contributed by atoms with Crippen LogP contribution in [0.25, 0.3) is 10.9 Å². The topological polar surface area (TPSA) is 95.1 Å². The van der Waals surface area contributed by atoms with Gasteiger partial charge in [-0.2, -0.15) is 5.10 Å². The molecule has 0 saturated heterocycles. The maximum atomic E-state index is 12.1. The van der Waals surface area contributed by atoms with Gasteiger partial charge in [0.15, 0.2) is 0 Å². The highest BCUT2D eigenvalue weighted by Gasteiger charge is 2.07. The van der Waals surface area contributed by atoms with E-state index in [4.69, 9.17) is 5.11 Å². The smallest absolute Gasteiger partial charge is 0.335 e. The van der Waals surface area contributed by atoms with Crippen molar-refractivity contribution in [3.8, 4) is 0 Å². The fourth-order valence-electron chi connectivity index (χ4n) is 2.32. The summed E-state index contributed by atoms with van der Waals surface area (Å²) in [5, 5.41) is 19.4. The third-order valence-corrected chi connectivity index (χ3v) is 3.60. The third kappa shape index (κ3) is 3.37. The predicted octanol–water partition coefficient (Wildman–Crippen LogP) is 2.23. The van der Waals surface area contributed by atoms with E-state index in [1.165, 1.54) is 0 Å². The van der Waals surface area contributed by atoms with Gasteiger partial charge in [-0.05, 0) is 42.3 Å². The number of H-pyrrole nitrogens is 1. The van der Waals surface area contributed by atoms with E-state index in [1.54, 1.807) is 42.6 Å². The number of hydrogen-bond donors (Lipinski definition) is 3. The predicted molar refractivity (Wildman–Crippen MR) is 85.5 cm³/mol. The number of aromatic nitrogens is 2. The molecule has 0 bridgehead atoms. The first kappa shape index (κ1) is 14.8. The lowest BCUT2D eigenvalue weighted by atomic mass is 10.1. The summed E-state index contributed by atoms with van der Waals surface area (Å²) in [4.78, 5) is 22.9. The highest BCUT2D eigenvalue weighted by atomic mass is 16.4. The van der Waals surface area contributed by atoms with E-state index < -0.39 is 5.97 Å². The number of hydrogen-bond acceptors (Lipinski definition) is 3. The number of carbonyl (C=O) groups excluding carboxylic acids is 1. The summed E-state index contributed by atoms with van der Waals surface area (Å²) >= 11 is 0. The summed E-state index contributed by atoms with van der Waals surface area (Å²) in [6, 6.07) is 12.0. The van der Waals surface area contributed by atoms with Gasteiger partial charge < -0.3 is 10.4 Å². The molecule has 0 aliphatic carbocycles. The van der Waals surface area contributed by atoms with Gasteiger partial charge in [-0.15, -0.1) is 0 Å². The Kier molecular flexibility index (Phi) is 4.05. The van der Waals surface area contributed by atoms with Crippen LogP contribution < -0.4 is 5.32 Å². The fraction of sp³-hybridized carbons (Fsp3) is 0.118. The number of rotatable bonds is 5. The second-order valence-corrected chi connectivity index (χ2v) is 5.18. The molecule has 23 heavy (non-hydrogen) atoms. The number of nitrogens with zero attached hydrogens (tertiary/aromatic N) is 1. The molecule has 0 fully saturated rings. The first-order chi connectivity index (χ1) is 11.1. The molecule has 2 aromatic carbocycles. The lowest BCUT2D eigenvalue weighted by Gasteiger charge is -2.06. The van der Waals surface area contributed by atoms with E-state index in [-0.39, 0.29) is 11.5 Å². The molecular formula is C17H15N3O3. The van der Waals surface area contributed by atoms with Gasteiger partial charge in [-0.3, -0.25) is 9.89 Å². The van der Waals surface area contributed by atoms with Crippen molar-refractivity contribution in [1.29, 1.82) is 0 Å². The standard InChI is InChI=1S/C17H15N3O3/c21-16(13-5-6-15-14(9-13)10-19-20-15)18-8-7-11-1-3-12(4-2-11)17(22)23/h1-6,9-10H,7-8H2,(H,18,21)(H,19,20)(H,22,23). The van der Waals surface area contributed by atoms with E-state index in [0.717, 1.165) is 16.5 Å². The van der Waals surface area contributed by atoms with E-state index >= 15 is 0 Å². The number of fused-ring (bicyclic) bond motifs is 1. The number of carboxylic acids is 1. The highest BCUT2D eigenvalue weighted by Crippen LogP contribution is 2.12. The van der Waals surface area contributed by atoms with Gasteiger partial charge in [0.1, 0.15) is 0 Å². The molecule has 1 aromatic heterocycles. The molecule has 0 radical (unpaired) electrons. The Morgan fingerprint density at radius 1 is 1.09 bits per heavy atom.